The minimum atomic E-state index is -4.53. The molecule has 0 saturated heterocycles. The lowest BCUT2D eigenvalue weighted by Crippen LogP contribution is -2.08. The Kier molecular flexibility index (Phi) is 4.84. The zero-order valence-corrected chi connectivity index (χ0v) is 10.3. The highest BCUT2D eigenvalue weighted by Gasteiger charge is 2.31. The average molecular weight is 276 g/mol. The summed E-state index contributed by atoms with van der Waals surface area (Å²) >= 11 is 1.18. The number of thioether (sulfide) groups is 1. The highest BCUT2D eigenvalue weighted by Crippen LogP contribution is 2.33. The molecule has 98 valence electrons. The van der Waals surface area contributed by atoms with Gasteiger partial charge < -0.3 is 5.11 Å². The Morgan fingerprint density at radius 3 is 2.61 bits per heavy atom. The Morgan fingerprint density at radius 1 is 1.44 bits per heavy atom. The first-order valence-corrected chi connectivity index (χ1v) is 6.03. The van der Waals surface area contributed by atoms with Crippen LogP contribution in [0.4, 0.5) is 13.2 Å². The molecule has 0 unspecified atom stereocenters. The lowest BCUT2D eigenvalue weighted by molar-refractivity contribution is -0.137. The maximum Gasteiger partial charge on any atom is 0.416 e. The van der Waals surface area contributed by atoms with Crippen LogP contribution in [0.1, 0.15) is 22.8 Å². The minimum Gasteiger partial charge on any atom is -0.478 e. The van der Waals surface area contributed by atoms with E-state index in [1.807, 2.05) is 6.92 Å². The molecule has 2 nitrogen and oxygen atoms in total. The monoisotopic (exact) mass is 276 g/mol. The molecule has 0 fully saturated rings. The summed E-state index contributed by atoms with van der Waals surface area (Å²) in [5.74, 6) is -0.841. The Bertz CT molecular complexity index is 467. The third-order valence-corrected chi connectivity index (χ3v) is 3.13. The number of hydrogen-bond donors (Lipinski definition) is 1. The van der Waals surface area contributed by atoms with Gasteiger partial charge in [0.15, 0.2) is 0 Å². The molecular weight excluding hydrogens is 265 g/mol. The van der Waals surface area contributed by atoms with Gasteiger partial charge in [0.1, 0.15) is 0 Å². The van der Waals surface area contributed by atoms with Crippen molar-refractivity contribution in [2.24, 2.45) is 0 Å². The largest absolute Gasteiger partial charge is 0.478 e. The van der Waals surface area contributed by atoms with Gasteiger partial charge in [0, 0.05) is 10.6 Å². The minimum absolute atomic E-state index is 0.320. The zero-order valence-electron chi connectivity index (χ0n) is 9.49. The van der Waals surface area contributed by atoms with Gasteiger partial charge in [0.05, 0.1) is 11.1 Å². The van der Waals surface area contributed by atoms with Crippen molar-refractivity contribution < 1.29 is 23.1 Å². The molecule has 1 N–H and O–H groups in total. The van der Waals surface area contributed by atoms with E-state index in [0.29, 0.717) is 16.7 Å². The van der Waals surface area contributed by atoms with E-state index in [1.54, 1.807) is 12.2 Å². The molecule has 1 aromatic rings. The van der Waals surface area contributed by atoms with Crippen LogP contribution in [0.25, 0.3) is 0 Å². The van der Waals surface area contributed by atoms with E-state index >= 15 is 0 Å². The second kappa shape index (κ2) is 5.95. The molecule has 0 amide bonds. The molecule has 18 heavy (non-hydrogen) atoms. The standard InChI is InChI=1S/C12H11F3O2S/c1-2-3-6-18-10-5-4-8(12(13,14)15)7-9(10)11(16)17/h2-5,7H,6H2,1H3,(H,16,17). The van der Waals surface area contributed by atoms with Crippen LogP contribution in [0.3, 0.4) is 0 Å². The van der Waals surface area contributed by atoms with Crippen molar-refractivity contribution >= 4 is 17.7 Å². The highest BCUT2D eigenvalue weighted by atomic mass is 32.2. The molecule has 0 bridgehead atoms. The van der Waals surface area contributed by atoms with Gasteiger partial charge in [-0.05, 0) is 25.1 Å². The van der Waals surface area contributed by atoms with E-state index in [1.165, 1.54) is 17.8 Å². The summed E-state index contributed by atoms with van der Waals surface area (Å²) in [6.45, 7) is 1.81. The molecule has 0 spiro atoms. The van der Waals surface area contributed by atoms with Gasteiger partial charge in [-0.3, -0.25) is 0 Å². The lowest BCUT2D eigenvalue weighted by atomic mass is 10.1. The van der Waals surface area contributed by atoms with Gasteiger partial charge in [-0.15, -0.1) is 11.8 Å². The molecular formula is C12H11F3O2S. The molecule has 0 heterocycles. The second-order valence-corrected chi connectivity index (χ2v) is 4.46. The zero-order chi connectivity index (χ0) is 13.8. The number of hydrogen-bond acceptors (Lipinski definition) is 2. The fourth-order valence-electron chi connectivity index (χ4n) is 1.23. The van der Waals surface area contributed by atoms with Crippen LogP contribution in [0, 0.1) is 0 Å². The highest BCUT2D eigenvalue weighted by molar-refractivity contribution is 7.99. The fourth-order valence-corrected chi connectivity index (χ4v) is 2.17. The van der Waals surface area contributed by atoms with Crippen molar-refractivity contribution in [3.05, 3.63) is 41.5 Å². The summed E-state index contributed by atoms with van der Waals surface area (Å²) < 4.78 is 37.4. The molecule has 1 rings (SSSR count). The smallest absolute Gasteiger partial charge is 0.416 e. The fraction of sp³-hybridized carbons (Fsp3) is 0.250. The number of allylic oxidation sites excluding steroid dienone is 1. The third kappa shape index (κ3) is 3.80. The number of aromatic carboxylic acids is 1. The summed E-state index contributed by atoms with van der Waals surface area (Å²) in [5.41, 5.74) is -1.27. The Labute approximate surface area is 107 Å². The summed E-state index contributed by atoms with van der Waals surface area (Å²) in [4.78, 5) is 11.3. The molecule has 0 aliphatic carbocycles. The summed E-state index contributed by atoms with van der Waals surface area (Å²) in [6.07, 6.45) is -0.942. The van der Waals surface area contributed by atoms with Crippen LogP contribution >= 0.6 is 11.8 Å². The Hall–Kier alpha value is -1.43. The maximum atomic E-state index is 12.5. The first-order valence-electron chi connectivity index (χ1n) is 5.04. The Balaban J connectivity index is 3.09. The van der Waals surface area contributed by atoms with Gasteiger partial charge in [0.25, 0.3) is 0 Å². The van der Waals surface area contributed by atoms with E-state index < -0.39 is 17.7 Å². The van der Waals surface area contributed by atoms with Crippen molar-refractivity contribution in [2.45, 2.75) is 18.0 Å². The van der Waals surface area contributed by atoms with E-state index in [9.17, 15) is 18.0 Å². The molecule has 0 atom stereocenters. The van der Waals surface area contributed by atoms with Gasteiger partial charge in [0.2, 0.25) is 0 Å². The average Bonchev–Trinajstić information content (AvgIpc) is 2.28. The molecule has 1 aromatic carbocycles. The SMILES string of the molecule is CC=CCSc1ccc(C(F)(F)F)cc1C(=O)O. The summed E-state index contributed by atoms with van der Waals surface area (Å²) in [7, 11) is 0. The van der Waals surface area contributed by atoms with Gasteiger partial charge in [-0.2, -0.15) is 13.2 Å². The normalized spacial score (nSPS) is 12.0. The van der Waals surface area contributed by atoms with Crippen LogP contribution in [-0.4, -0.2) is 16.8 Å². The molecule has 0 aliphatic rings. The number of halogens is 3. The van der Waals surface area contributed by atoms with Crippen molar-refractivity contribution in [3.8, 4) is 0 Å². The van der Waals surface area contributed by atoms with Gasteiger partial charge >= 0.3 is 12.1 Å². The first kappa shape index (κ1) is 14.6. The number of carboxylic acid groups (broad SMARTS) is 1. The number of carboxylic acids is 1. The number of rotatable bonds is 4. The van der Waals surface area contributed by atoms with Crippen molar-refractivity contribution in [1.82, 2.24) is 0 Å². The van der Waals surface area contributed by atoms with Crippen LogP contribution in [0.15, 0.2) is 35.2 Å². The van der Waals surface area contributed by atoms with E-state index in [0.717, 1.165) is 6.07 Å². The Morgan fingerprint density at radius 2 is 2.11 bits per heavy atom. The van der Waals surface area contributed by atoms with Crippen LogP contribution in [0.2, 0.25) is 0 Å². The van der Waals surface area contributed by atoms with Crippen molar-refractivity contribution in [3.63, 3.8) is 0 Å². The number of benzene rings is 1. The lowest BCUT2D eigenvalue weighted by Gasteiger charge is -2.10. The molecule has 0 saturated carbocycles. The molecule has 0 aliphatic heterocycles. The van der Waals surface area contributed by atoms with Gasteiger partial charge in [-0.25, -0.2) is 4.79 Å². The topological polar surface area (TPSA) is 37.3 Å². The summed E-state index contributed by atoms with van der Waals surface area (Å²) in [6, 6.07) is 2.76. The van der Waals surface area contributed by atoms with E-state index in [-0.39, 0.29) is 5.56 Å². The number of alkyl halides is 3. The molecule has 0 radical (unpaired) electrons. The maximum absolute atomic E-state index is 12.5. The van der Waals surface area contributed by atoms with Crippen molar-refractivity contribution in [2.75, 3.05) is 5.75 Å². The number of carbonyl (C=O) groups is 1. The molecule has 6 heteroatoms. The van der Waals surface area contributed by atoms with Crippen LogP contribution in [0.5, 0.6) is 0 Å². The molecule has 0 aromatic heterocycles. The third-order valence-electron chi connectivity index (χ3n) is 2.11. The van der Waals surface area contributed by atoms with Crippen LogP contribution in [-0.2, 0) is 6.18 Å². The van der Waals surface area contributed by atoms with Crippen LogP contribution < -0.4 is 0 Å². The summed E-state index contributed by atoms with van der Waals surface area (Å²) in [5, 5.41) is 8.91. The predicted octanol–water partition coefficient (Wildman–Crippen LogP) is 4.07. The second-order valence-electron chi connectivity index (χ2n) is 3.39. The van der Waals surface area contributed by atoms with Crippen molar-refractivity contribution in [1.29, 1.82) is 0 Å². The van der Waals surface area contributed by atoms with E-state index in [4.69, 9.17) is 5.11 Å². The predicted molar refractivity (Wildman–Crippen MR) is 63.9 cm³/mol. The van der Waals surface area contributed by atoms with E-state index in [2.05, 4.69) is 0 Å². The quantitative estimate of drug-likeness (QED) is 0.665. The van der Waals surface area contributed by atoms with Gasteiger partial charge in [-0.1, -0.05) is 12.2 Å². The first-order chi connectivity index (χ1) is 8.36.